The van der Waals surface area contributed by atoms with Crippen LogP contribution in [-0.4, -0.2) is 75.7 Å². The number of hydrogen-bond donors (Lipinski definition) is 1. The summed E-state index contributed by atoms with van der Waals surface area (Å²) in [6.07, 6.45) is 2.77. The quantitative estimate of drug-likeness (QED) is 0.694. The molecule has 0 spiro atoms. The summed E-state index contributed by atoms with van der Waals surface area (Å²) in [7, 11) is 4.78. The molecule has 1 aliphatic rings. The minimum Gasteiger partial charge on any atom is -0.493 e. The van der Waals surface area contributed by atoms with E-state index in [2.05, 4.69) is 10.2 Å². The maximum absolute atomic E-state index is 12.4. The number of ether oxygens (including phenoxy) is 3. The summed E-state index contributed by atoms with van der Waals surface area (Å²) in [6, 6.07) is 5.38. The fourth-order valence-corrected chi connectivity index (χ4v) is 3.45. The molecular weight excluding hydrogens is 390 g/mol. The minimum absolute atomic E-state index is 0.0342. The van der Waals surface area contributed by atoms with Crippen molar-refractivity contribution in [2.75, 3.05) is 54.1 Å². The van der Waals surface area contributed by atoms with Crippen molar-refractivity contribution < 1.29 is 28.2 Å². The third-order valence-electron chi connectivity index (χ3n) is 5.09. The fraction of sp³-hybridized carbons (Fsp3) is 0.429. The summed E-state index contributed by atoms with van der Waals surface area (Å²) in [5, 5.41) is 2.63. The molecule has 0 atom stereocenters. The second-order valence-corrected chi connectivity index (χ2v) is 6.85. The number of carbonyl (C=O) groups is 2. The molecule has 0 radical (unpaired) electrons. The first kappa shape index (κ1) is 21.5. The van der Waals surface area contributed by atoms with Gasteiger partial charge in [-0.25, -0.2) is 0 Å². The molecule has 1 N–H and O–H groups in total. The molecule has 162 valence electrons. The monoisotopic (exact) mass is 417 g/mol. The maximum Gasteiger partial charge on any atom is 0.254 e. The second kappa shape index (κ2) is 10.0. The van der Waals surface area contributed by atoms with Crippen LogP contribution in [0.4, 0.5) is 0 Å². The predicted molar refractivity (Wildman–Crippen MR) is 109 cm³/mol. The van der Waals surface area contributed by atoms with E-state index in [0.717, 1.165) is 18.7 Å². The van der Waals surface area contributed by atoms with Crippen molar-refractivity contribution in [2.45, 2.75) is 6.54 Å². The van der Waals surface area contributed by atoms with Gasteiger partial charge in [-0.2, -0.15) is 0 Å². The largest absolute Gasteiger partial charge is 0.493 e. The normalized spacial score (nSPS) is 14.3. The van der Waals surface area contributed by atoms with Crippen LogP contribution in [0.5, 0.6) is 17.2 Å². The molecule has 3 rings (SSSR count). The van der Waals surface area contributed by atoms with Gasteiger partial charge in [0, 0.05) is 38.3 Å². The van der Waals surface area contributed by atoms with Gasteiger partial charge < -0.3 is 28.8 Å². The average Bonchev–Trinajstić information content (AvgIpc) is 3.32. The van der Waals surface area contributed by atoms with Gasteiger partial charge in [0.15, 0.2) is 11.5 Å². The first-order valence-electron chi connectivity index (χ1n) is 9.65. The molecule has 30 heavy (non-hydrogen) atoms. The zero-order valence-corrected chi connectivity index (χ0v) is 17.5. The van der Waals surface area contributed by atoms with E-state index in [1.807, 2.05) is 12.1 Å². The van der Waals surface area contributed by atoms with Crippen LogP contribution in [0.2, 0.25) is 0 Å². The summed E-state index contributed by atoms with van der Waals surface area (Å²) in [4.78, 5) is 28.3. The topological polar surface area (TPSA) is 93.5 Å². The van der Waals surface area contributed by atoms with Crippen molar-refractivity contribution in [3.8, 4) is 17.2 Å². The lowest BCUT2D eigenvalue weighted by molar-refractivity contribution is -0.131. The Morgan fingerprint density at radius 3 is 2.33 bits per heavy atom. The molecule has 2 heterocycles. The van der Waals surface area contributed by atoms with Crippen LogP contribution in [0.3, 0.4) is 0 Å². The zero-order chi connectivity index (χ0) is 21.5. The molecule has 9 nitrogen and oxygen atoms in total. The lowest BCUT2D eigenvalue weighted by Crippen LogP contribution is -2.50. The van der Waals surface area contributed by atoms with Crippen LogP contribution < -0.4 is 19.5 Å². The van der Waals surface area contributed by atoms with E-state index in [0.29, 0.717) is 42.4 Å². The summed E-state index contributed by atoms with van der Waals surface area (Å²) in [5.74, 6) is 1.41. The first-order valence-corrected chi connectivity index (χ1v) is 9.65. The highest BCUT2D eigenvalue weighted by Crippen LogP contribution is 2.40. The van der Waals surface area contributed by atoms with E-state index >= 15 is 0 Å². The maximum atomic E-state index is 12.4. The predicted octanol–water partition coefficient (Wildman–Crippen LogP) is 1.38. The number of nitrogens with zero attached hydrogens (tertiary/aromatic N) is 2. The molecule has 2 amide bonds. The number of hydrogen-bond acceptors (Lipinski definition) is 7. The Labute approximate surface area is 175 Å². The van der Waals surface area contributed by atoms with Gasteiger partial charge in [-0.3, -0.25) is 14.5 Å². The number of amides is 2. The summed E-state index contributed by atoms with van der Waals surface area (Å²) in [5.41, 5.74) is 1.39. The van der Waals surface area contributed by atoms with Crippen LogP contribution in [0, 0.1) is 0 Å². The number of rotatable bonds is 8. The number of furan rings is 1. The van der Waals surface area contributed by atoms with E-state index in [-0.39, 0.29) is 18.4 Å². The SMILES string of the molecule is COc1ccc(CN2CCN(C(=O)CNC(=O)c3ccoc3)CC2)c(OC)c1OC. The van der Waals surface area contributed by atoms with Crippen LogP contribution in [0.1, 0.15) is 15.9 Å². The average molecular weight is 417 g/mol. The first-order chi connectivity index (χ1) is 14.6. The Kier molecular flexibility index (Phi) is 7.18. The van der Waals surface area contributed by atoms with E-state index in [1.54, 1.807) is 32.3 Å². The Balaban J connectivity index is 1.52. The third kappa shape index (κ3) is 4.85. The van der Waals surface area contributed by atoms with Crippen molar-refractivity contribution in [3.05, 3.63) is 41.9 Å². The Bertz CT molecular complexity index is 860. The summed E-state index contributed by atoms with van der Waals surface area (Å²) < 4.78 is 21.2. The number of piperazine rings is 1. The van der Waals surface area contributed by atoms with Crippen molar-refractivity contribution in [2.24, 2.45) is 0 Å². The molecule has 1 aromatic heterocycles. The van der Waals surface area contributed by atoms with Crippen LogP contribution in [-0.2, 0) is 11.3 Å². The van der Waals surface area contributed by atoms with Crippen molar-refractivity contribution in [1.82, 2.24) is 15.1 Å². The number of carbonyl (C=O) groups excluding carboxylic acids is 2. The van der Waals surface area contributed by atoms with Crippen LogP contribution in [0.15, 0.2) is 35.1 Å². The number of nitrogens with one attached hydrogen (secondary N) is 1. The molecule has 1 aliphatic heterocycles. The van der Waals surface area contributed by atoms with E-state index in [4.69, 9.17) is 18.6 Å². The molecule has 1 aromatic carbocycles. The summed E-state index contributed by atoms with van der Waals surface area (Å²) in [6.45, 7) is 3.26. The molecular formula is C21H27N3O6. The van der Waals surface area contributed by atoms with Gasteiger partial charge >= 0.3 is 0 Å². The van der Waals surface area contributed by atoms with Gasteiger partial charge in [-0.1, -0.05) is 6.07 Å². The van der Waals surface area contributed by atoms with Crippen molar-refractivity contribution >= 4 is 11.8 Å². The number of benzene rings is 1. The van der Waals surface area contributed by atoms with Gasteiger partial charge in [-0.05, 0) is 12.1 Å². The van der Waals surface area contributed by atoms with E-state index in [1.165, 1.54) is 12.5 Å². The zero-order valence-electron chi connectivity index (χ0n) is 17.5. The molecule has 0 saturated carbocycles. The Morgan fingerprint density at radius 1 is 1.00 bits per heavy atom. The van der Waals surface area contributed by atoms with E-state index < -0.39 is 0 Å². The molecule has 9 heteroatoms. The molecule has 0 bridgehead atoms. The van der Waals surface area contributed by atoms with Gasteiger partial charge in [0.2, 0.25) is 11.7 Å². The highest BCUT2D eigenvalue weighted by Gasteiger charge is 2.24. The minimum atomic E-state index is -0.323. The standard InChI is InChI=1S/C21H27N3O6/c1-27-17-5-4-15(19(28-2)20(17)29-3)13-23-7-9-24(10-8-23)18(25)12-22-21(26)16-6-11-30-14-16/h4-6,11,14H,7-10,12-13H2,1-3H3,(H,22,26). The van der Waals surface area contributed by atoms with Gasteiger partial charge in [0.1, 0.15) is 6.26 Å². The highest BCUT2D eigenvalue weighted by molar-refractivity contribution is 5.96. The molecule has 1 fully saturated rings. The van der Waals surface area contributed by atoms with Crippen molar-refractivity contribution in [1.29, 1.82) is 0 Å². The van der Waals surface area contributed by atoms with E-state index in [9.17, 15) is 9.59 Å². The molecule has 0 unspecified atom stereocenters. The highest BCUT2D eigenvalue weighted by atomic mass is 16.5. The lowest BCUT2D eigenvalue weighted by atomic mass is 10.1. The molecule has 1 saturated heterocycles. The Morgan fingerprint density at radius 2 is 1.73 bits per heavy atom. The van der Waals surface area contributed by atoms with Gasteiger partial charge in [-0.15, -0.1) is 0 Å². The smallest absolute Gasteiger partial charge is 0.254 e. The second-order valence-electron chi connectivity index (χ2n) is 6.85. The Hall–Kier alpha value is -3.20. The molecule has 2 aromatic rings. The summed E-state index contributed by atoms with van der Waals surface area (Å²) >= 11 is 0. The van der Waals surface area contributed by atoms with Crippen molar-refractivity contribution in [3.63, 3.8) is 0 Å². The van der Waals surface area contributed by atoms with Gasteiger partial charge in [0.25, 0.3) is 5.91 Å². The number of methoxy groups -OCH3 is 3. The third-order valence-corrected chi connectivity index (χ3v) is 5.09. The van der Waals surface area contributed by atoms with Crippen LogP contribution in [0.25, 0.3) is 0 Å². The van der Waals surface area contributed by atoms with Crippen LogP contribution >= 0.6 is 0 Å². The van der Waals surface area contributed by atoms with Gasteiger partial charge in [0.05, 0.1) is 39.7 Å². The molecule has 0 aliphatic carbocycles. The lowest BCUT2D eigenvalue weighted by Gasteiger charge is -2.35. The fourth-order valence-electron chi connectivity index (χ4n) is 3.45.